The second kappa shape index (κ2) is 3.69. The van der Waals surface area contributed by atoms with Crippen LogP contribution in [-0.2, 0) is 7.05 Å². The third kappa shape index (κ3) is 1.48. The van der Waals surface area contributed by atoms with Crippen LogP contribution in [0, 0.1) is 0 Å². The highest BCUT2D eigenvalue weighted by atomic mass is 79.9. The summed E-state index contributed by atoms with van der Waals surface area (Å²) in [6.07, 6.45) is 4.61. The Morgan fingerprint density at radius 2 is 2.31 bits per heavy atom. The Hall–Kier alpha value is -1.17. The molecule has 0 aromatic carbocycles. The van der Waals surface area contributed by atoms with Gasteiger partial charge in [-0.2, -0.15) is 5.10 Å². The van der Waals surface area contributed by atoms with Crippen LogP contribution >= 0.6 is 15.9 Å². The zero-order valence-corrected chi connectivity index (χ0v) is 10.6. The molecule has 1 unspecified atom stereocenters. The number of rotatable bonds is 1. The summed E-state index contributed by atoms with van der Waals surface area (Å²) in [5.41, 5.74) is 0.892. The van der Waals surface area contributed by atoms with Gasteiger partial charge in [0.2, 0.25) is 0 Å². The summed E-state index contributed by atoms with van der Waals surface area (Å²) < 4.78 is 1.78. The molecular weight excluding hydrogens is 270 g/mol. The van der Waals surface area contributed by atoms with E-state index in [0.29, 0.717) is 4.83 Å². The highest BCUT2D eigenvalue weighted by Crippen LogP contribution is 2.27. The van der Waals surface area contributed by atoms with Crippen molar-refractivity contribution >= 4 is 32.8 Å². The summed E-state index contributed by atoms with van der Waals surface area (Å²) >= 11 is 3.64. The van der Waals surface area contributed by atoms with Crippen LogP contribution in [0.15, 0.2) is 12.5 Å². The van der Waals surface area contributed by atoms with Crippen LogP contribution in [-0.4, -0.2) is 37.7 Å². The van der Waals surface area contributed by atoms with Crippen LogP contribution in [0.4, 0.5) is 5.82 Å². The number of alkyl halides is 1. The monoisotopic (exact) mass is 281 g/mol. The third-order valence-corrected chi connectivity index (χ3v) is 3.69. The van der Waals surface area contributed by atoms with E-state index in [1.54, 1.807) is 11.0 Å². The van der Waals surface area contributed by atoms with Crippen LogP contribution in [0.1, 0.15) is 6.42 Å². The molecule has 2 aromatic rings. The maximum absolute atomic E-state index is 4.38. The normalized spacial score (nSPS) is 20.9. The summed E-state index contributed by atoms with van der Waals surface area (Å²) in [5, 5.41) is 5.26. The van der Waals surface area contributed by atoms with E-state index in [1.165, 1.54) is 0 Å². The molecule has 0 radical (unpaired) electrons. The average molecular weight is 282 g/mol. The van der Waals surface area contributed by atoms with Crippen LogP contribution in [0.3, 0.4) is 0 Å². The predicted molar refractivity (Wildman–Crippen MR) is 65.8 cm³/mol. The van der Waals surface area contributed by atoms with Gasteiger partial charge in [-0.25, -0.2) is 9.97 Å². The number of hydrogen-bond acceptors (Lipinski definition) is 4. The Bertz CT molecular complexity index is 523. The minimum absolute atomic E-state index is 0.564. The first kappa shape index (κ1) is 10.0. The number of aryl methyl sites for hydroxylation is 1. The van der Waals surface area contributed by atoms with Crippen molar-refractivity contribution in [2.45, 2.75) is 11.2 Å². The summed E-state index contributed by atoms with van der Waals surface area (Å²) in [4.78, 5) is 11.5. The van der Waals surface area contributed by atoms with Gasteiger partial charge in [-0.15, -0.1) is 0 Å². The number of anilines is 1. The van der Waals surface area contributed by atoms with Gasteiger partial charge < -0.3 is 4.90 Å². The maximum Gasteiger partial charge on any atom is 0.163 e. The lowest BCUT2D eigenvalue weighted by Crippen LogP contribution is -2.21. The SMILES string of the molecule is Cn1ncc2c(N3CCC(Br)C3)ncnc21. The van der Waals surface area contributed by atoms with E-state index in [2.05, 4.69) is 35.9 Å². The molecule has 0 amide bonds. The van der Waals surface area contributed by atoms with Gasteiger partial charge in [-0.05, 0) is 6.42 Å². The Morgan fingerprint density at radius 3 is 3.06 bits per heavy atom. The summed E-state index contributed by atoms with van der Waals surface area (Å²) in [5.74, 6) is 1.00. The second-order valence-corrected chi connectivity index (χ2v) is 5.33. The van der Waals surface area contributed by atoms with Crippen molar-refractivity contribution in [3.63, 3.8) is 0 Å². The molecule has 84 valence electrons. The van der Waals surface area contributed by atoms with Crippen molar-refractivity contribution in [1.82, 2.24) is 19.7 Å². The lowest BCUT2D eigenvalue weighted by Gasteiger charge is -2.16. The first-order valence-electron chi connectivity index (χ1n) is 5.27. The molecule has 2 aromatic heterocycles. The van der Waals surface area contributed by atoms with Crippen LogP contribution in [0.5, 0.6) is 0 Å². The second-order valence-electron chi connectivity index (χ2n) is 4.03. The Morgan fingerprint density at radius 1 is 1.44 bits per heavy atom. The van der Waals surface area contributed by atoms with E-state index in [9.17, 15) is 0 Å². The molecule has 1 aliphatic heterocycles. The molecule has 1 aliphatic rings. The number of nitrogens with zero attached hydrogens (tertiary/aromatic N) is 5. The molecule has 0 bridgehead atoms. The smallest absolute Gasteiger partial charge is 0.163 e. The maximum atomic E-state index is 4.38. The molecule has 1 fully saturated rings. The van der Waals surface area contributed by atoms with Crippen molar-refractivity contribution in [2.24, 2.45) is 7.05 Å². The predicted octanol–water partition coefficient (Wildman–Crippen LogP) is 1.34. The molecule has 0 saturated carbocycles. The van der Waals surface area contributed by atoms with Gasteiger partial charge in [0, 0.05) is 25.0 Å². The van der Waals surface area contributed by atoms with Crippen LogP contribution < -0.4 is 4.90 Å². The summed E-state index contributed by atoms with van der Waals surface area (Å²) in [6, 6.07) is 0. The molecular formula is C10H12BrN5. The van der Waals surface area contributed by atoms with Gasteiger partial charge in [0.05, 0.1) is 11.6 Å². The topological polar surface area (TPSA) is 46.8 Å². The van der Waals surface area contributed by atoms with E-state index in [1.807, 2.05) is 13.2 Å². The minimum atomic E-state index is 0.564. The lowest BCUT2D eigenvalue weighted by molar-refractivity contribution is 0.785. The third-order valence-electron chi connectivity index (χ3n) is 2.94. The molecule has 0 aliphatic carbocycles. The fraction of sp³-hybridized carbons (Fsp3) is 0.500. The highest BCUT2D eigenvalue weighted by molar-refractivity contribution is 9.09. The fourth-order valence-electron chi connectivity index (χ4n) is 2.11. The number of fused-ring (bicyclic) bond motifs is 1. The number of aromatic nitrogens is 4. The molecule has 0 N–H and O–H groups in total. The van der Waals surface area contributed by atoms with Crippen molar-refractivity contribution in [1.29, 1.82) is 0 Å². The Kier molecular flexibility index (Phi) is 2.31. The molecule has 5 nitrogen and oxygen atoms in total. The van der Waals surface area contributed by atoms with Crippen LogP contribution in [0.25, 0.3) is 11.0 Å². The molecule has 1 atom stereocenters. The minimum Gasteiger partial charge on any atom is -0.355 e. The molecule has 0 spiro atoms. The van der Waals surface area contributed by atoms with E-state index in [4.69, 9.17) is 0 Å². The lowest BCUT2D eigenvalue weighted by atomic mass is 10.3. The molecule has 3 rings (SSSR count). The van der Waals surface area contributed by atoms with Gasteiger partial charge in [-0.3, -0.25) is 4.68 Å². The number of halogens is 1. The first-order chi connectivity index (χ1) is 7.75. The van der Waals surface area contributed by atoms with Crippen molar-refractivity contribution < 1.29 is 0 Å². The van der Waals surface area contributed by atoms with E-state index in [-0.39, 0.29) is 0 Å². The van der Waals surface area contributed by atoms with E-state index >= 15 is 0 Å². The van der Waals surface area contributed by atoms with Gasteiger partial charge in [-0.1, -0.05) is 15.9 Å². The van der Waals surface area contributed by atoms with Gasteiger partial charge in [0.15, 0.2) is 5.65 Å². The van der Waals surface area contributed by atoms with Crippen molar-refractivity contribution in [2.75, 3.05) is 18.0 Å². The Balaban J connectivity index is 2.09. The molecule has 16 heavy (non-hydrogen) atoms. The first-order valence-corrected chi connectivity index (χ1v) is 6.19. The van der Waals surface area contributed by atoms with Crippen molar-refractivity contribution in [3.8, 4) is 0 Å². The zero-order valence-electron chi connectivity index (χ0n) is 8.97. The largest absolute Gasteiger partial charge is 0.355 e. The summed E-state index contributed by atoms with van der Waals surface area (Å²) in [7, 11) is 1.90. The highest BCUT2D eigenvalue weighted by Gasteiger charge is 2.23. The van der Waals surface area contributed by atoms with E-state index < -0.39 is 0 Å². The Labute approximate surface area is 102 Å². The van der Waals surface area contributed by atoms with E-state index in [0.717, 1.165) is 36.4 Å². The fourth-order valence-corrected chi connectivity index (χ4v) is 2.67. The molecule has 1 saturated heterocycles. The zero-order chi connectivity index (χ0) is 11.1. The van der Waals surface area contributed by atoms with Gasteiger partial charge >= 0.3 is 0 Å². The molecule has 3 heterocycles. The standard InChI is InChI=1S/C10H12BrN5/c1-15-9-8(4-14-15)10(13-6-12-9)16-3-2-7(11)5-16/h4,6-7H,2-3,5H2,1H3. The summed E-state index contributed by atoms with van der Waals surface area (Å²) in [6.45, 7) is 2.04. The van der Waals surface area contributed by atoms with Gasteiger partial charge in [0.1, 0.15) is 12.1 Å². The average Bonchev–Trinajstić information content (AvgIpc) is 2.86. The number of hydrogen-bond donors (Lipinski definition) is 0. The van der Waals surface area contributed by atoms with Gasteiger partial charge in [0.25, 0.3) is 0 Å². The van der Waals surface area contributed by atoms with Crippen LogP contribution in [0.2, 0.25) is 0 Å². The quantitative estimate of drug-likeness (QED) is 0.740. The van der Waals surface area contributed by atoms with Crippen molar-refractivity contribution in [3.05, 3.63) is 12.5 Å². The molecule has 6 heteroatoms.